The van der Waals surface area contributed by atoms with Crippen LogP contribution in [0.1, 0.15) is 17.9 Å². The first-order chi connectivity index (χ1) is 12.9. The lowest BCUT2D eigenvalue weighted by atomic mass is 9.99. The molecule has 1 atom stereocenters. The second-order valence-electron chi connectivity index (χ2n) is 6.69. The lowest BCUT2D eigenvalue weighted by Crippen LogP contribution is -2.19. The number of hydrogen-bond acceptors (Lipinski definition) is 4. The third-order valence-electron chi connectivity index (χ3n) is 5.21. The lowest BCUT2D eigenvalue weighted by Gasteiger charge is -2.20. The number of rotatable bonds is 3. The van der Waals surface area contributed by atoms with Gasteiger partial charge in [-0.05, 0) is 24.1 Å². The number of anilines is 1. The van der Waals surface area contributed by atoms with Gasteiger partial charge in [0.2, 0.25) is 0 Å². The van der Waals surface area contributed by atoms with E-state index in [-0.39, 0.29) is 0 Å². The van der Waals surface area contributed by atoms with Crippen molar-refractivity contribution in [2.45, 2.75) is 12.3 Å². The van der Waals surface area contributed by atoms with Crippen LogP contribution in [-0.4, -0.2) is 33.0 Å². The number of nitrogens with zero attached hydrogens (tertiary/aromatic N) is 4. The summed E-state index contributed by atoms with van der Waals surface area (Å²) in [6, 6.07) is 14.9. The molecule has 0 spiro atoms. The van der Waals surface area contributed by atoms with Crippen LogP contribution in [0.25, 0.3) is 22.3 Å². The Hall–Kier alpha value is -3.21. The predicted molar refractivity (Wildman–Crippen MR) is 103 cm³/mol. The molecule has 3 aromatic heterocycles. The minimum atomic E-state index is 0.570. The van der Waals surface area contributed by atoms with Gasteiger partial charge in [0.25, 0.3) is 0 Å². The van der Waals surface area contributed by atoms with Crippen molar-refractivity contribution in [3.05, 3.63) is 72.9 Å². The highest BCUT2D eigenvalue weighted by Crippen LogP contribution is 2.37. The van der Waals surface area contributed by atoms with Gasteiger partial charge in [-0.25, -0.2) is 15.0 Å². The van der Waals surface area contributed by atoms with Crippen LogP contribution in [-0.2, 0) is 0 Å². The van der Waals surface area contributed by atoms with Crippen molar-refractivity contribution >= 4 is 16.7 Å². The van der Waals surface area contributed by atoms with E-state index in [1.807, 2.05) is 18.5 Å². The van der Waals surface area contributed by atoms with Gasteiger partial charge in [-0.3, -0.25) is 0 Å². The molecule has 0 radical (unpaired) electrons. The fourth-order valence-electron chi connectivity index (χ4n) is 3.93. The molecule has 5 rings (SSSR count). The smallest absolute Gasteiger partial charge is 0.140 e. The summed E-state index contributed by atoms with van der Waals surface area (Å²) in [5.74, 6) is 0.570. The molecule has 128 valence electrons. The largest absolute Gasteiger partial charge is 0.370 e. The number of pyridine rings is 1. The number of H-pyrrole nitrogens is 1. The van der Waals surface area contributed by atoms with Gasteiger partial charge >= 0.3 is 0 Å². The van der Waals surface area contributed by atoms with Crippen molar-refractivity contribution in [1.82, 2.24) is 19.9 Å². The summed E-state index contributed by atoms with van der Waals surface area (Å²) in [6.07, 6.45) is 8.41. The van der Waals surface area contributed by atoms with Gasteiger partial charge < -0.3 is 9.88 Å². The van der Waals surface area contributed by atoms with E-state index < -0.39 is 0 Å². The molecule has 1 aliphatic rings. The first kappa shape index (κ1) is 15.1. The Morgan fingerprint density at radius 1 is 1.00 bits per heavy atom. The molecule has 4 aromatic rings. The van der Waals surface area contributed by atoms with E-state index in [4.69, 9.17) is 0 Å². The number of hydrogen-bond donors (Lipinski definition) is 1. The summed E-state index contributed by atoms with van der Waals surface area (Å²) in [4.78, 5) is 18.7. The molecule has 1 aromatic carbocycles. The molecule has 1 unspecified atom stereocenters. The maximum absolute atomic E-state index is 4.51. The first-order valence-electron chi connectivity index (χ1n) is 8.92. The fraction of sp³-hybridized carbons (Fsp3) is 0.190. The van der Waals surface area contributed by atoms with E-state index in [1.54, 1.807) is 12.5 Å². The predicted octanol–water partition coefficient (Wildman–Crippen LogP) is 4.01. The molecular weight excluding hydrogens is 322 g/mol. The van der Waals surface area contributed by atoms with Gasteiger partial charge in [0.05, 0.1) is 16.8 Å². The summed E-state index contributed by atoms with van der Waals surface area (Å²) in [5, 5.41) is 1.14. The first-order valence-corrected chi connectivity index (χ1v) is 8.92. The Kier molecular flexibility index (Phi) is 3.63. The molecule has 1 aliphatic heterocycles. The van der Waals surface area contributed by atoms with Crippen LogP contribution < -0.4 is 4.90 Å². The average molecular weight is 341 g/mol. The molecule has 26 heavy (non-hydrogen) atoms. The van der Waals surface area contributed by atoms with Crippen molar-refractivity contribution < 1.29 is 0 Å². The molecule has 0 aliphatic carbocycles. The number of aromatic nitrogens is 4. The molecule has 4 heterocycles. The zero-order chi connectivity index (χ0) is 17.3. The molecule has 1 N–H and O–H groups in total. The van der Waals surface area contributed by atoms with Crippen molar-refractivity contribution in [2.24, 2.45) is 0 Å². The van der Waals surface area contributed by atoms with E-state index in [0.29, 0.717) is 5.92 Å². The quantitative estimate of drug-likeness (QED) is 0.611. The molecule has 1 saturated heterocycles. The normalized spacial score (nSPS) is 17.1. The van der Waals surface area contributed by atoms with Crippen LogP contribution in [0.15, 0.2) is 67.4 Å². The lowest BCUT2D eigenvalue weighted by molar-refractivity contribution is 0.775. The second kappa shape index (κ2) is 6.26. The van der Waals surface area contributed by atoms with Crippen LogP contribution in [0.4, 0.5) is 5.69 Å². The highest BCUT2D eigenvalue weighted by Gasteiger charge is 2.26. The summed E-state index contributed by atoms with van der Waals surface area (Å²) >= 11 is 0. The Morgan fingerprint density at radius 2 is 1.92 bits per heavy atom. The molecule has 5 heteroatoms. The highest BCUT2D eigenvalue weighted by molar-refractivity contribution is 6.01. The second-order valence-corrected chi connectivity index (χ2v) is 6.69. The zero-order valence-corrected chi connectivity index (χ0v) is 14.3. The highest BCUT2D eigenvalue weighted by atomic mass is 15.2. The van der Waals surface area contributed by atoms with Gasteiger partial charge in [0.1, 0.15) is 12.0 Å². The number of nitrogens with one attached hydrogen (secondary N) is 1. The van der Waals surface area contributed by atoms with Crippen molar-refractivity contribution in [2.75, 3.05) is 18.0 Å². The van der Waals surface area contributed by atoms with Gasteiger partial charge in [0.15, 0.2) is 0 Å². The third-order valence-corrected chi connectivity index (χ3v) is 5.21. The molecular formula is C21H19N5. The van der Waals surface area contributed by atoms with Crippen LogP contribution in [0, 0.1) is 0 Å². The van der Waals surface area contributed by atoms with Crippen LogP contribution in [0.3, 0.4) is 0 Å². The number of aromatic amines is 1. The molecule has 0 bridgehead atoms. The number of fused-ring (bicyclic) bond motifs is 1. The maximum Gasteiger partial charge on any atom is 0.140 e. The Balaban J connectivity index is 1.55. The van der Waals surface area contributed by atoms with Crippen LogP contribution >= 0.6 is 0 Å². The number of benzene rings is 1. The third kappa shape index (κ3) is 2.52. The molecule has 0 saturated carbocycles. The van der Waals surface area contributed by atoms with E-state index in [0.717, 1.165) is 35.4 Å². The van der Waals surface area contributed by atoms with Gasteiger partial charge in [0, 0.05) is 43.2 Å². The van der Waals surface area contributed by atoms with Gasteiger partial charge in [-0.15, -0.1) is 0 Å². The monoisotopic (exact) mass is 341 g/mol. The average Bonchev–Trinajstić information content (AvgIpc) is 3.37. The van der Waals surface area contributed by atoms with E-state index >= 15 is 0 Å². The summed E-state index contributed by atoms with van der Waals surface area (Å²) in [5.41, 5.74) is 5.54. The van der Waals surface area contributed by atoms with Crippen molar-refractivity contribution in [3.8, 4) is 11.3 Å². The molecule has 5 nitrogen and oxygen atoms in total. The zero-order valence-electron chi connectivity index (χ0n) is 14.3. The summed E-state index contributed by atoms with van der Waals surface area (Å²) in [6.45, 7) is 2.07. The Labute approximate surface area is 151 Å². The maximum atomic E-state index is 4.51. The topological polar surface area (TPSA) is 57.7 Å². The molecule has 1 fully saturated rings. The van der Waals surface area contributed by atoms with E-state index in [2.05, 4.69) is 61.2 Å². The van der Waals surface area contributed by atoms with Crippen molar-refractivity contribution in [3.63, 3.8) is 0 Å². The van der Waals surface area contributed by atoms with E-state index in [1.165, 1.54) is 17.7 Å². The Morgan fingerprint density at radius 3 is 2.77 bits per heavy atom. The summed E-state index contributed by atoms with van der Waals surface area (Å²) < 4.78 is 0. The minimum Gasteiger partial charge on any atom is -0.370 e. The van der Waals surface area contributed by atoms with Crippen LogP contribution in [0.2, 0.25) is 0 Å². The minimum absolute atomic E-state index is 0.570. The van der Waals surface area contributed by atoms with Crippen LogP contribution in [0.5, 0.6) is 0 Å². The summed E-state index contributed by atoms with van der Waals surface area (Å²) in [7, 11) is 0. The van der Waals surface area contributed by atoms with E-state index in [9.17, 15) is 0 Å². The van der Waals surface area contributed by atoms with Gasteiger partial charge in [-0.2, -0.15) is 0 Å². The standard InChI is InChI=1S/C21H19N5/c1-2-4-15(5-3-1)16-8-11-26(13-16)19-7-10-23-21-20(19)17(12-24-21)18-6-9-22-14-25-18/h1-7,9-10,12,14,16H,8,11,13H2,(H,23,24). The van der Waals surface area contributed by atoms with Gasteiger partial charge in [-0.1, -0.05) is 30.3 Å². The fourth-order valence-corrected chi connectivity index (χ4v) is 3.93. The van der Waals surface area contributed by atoms with Crippen molar-refractivity contribution in [1.29, 1.82) is 0 Å². The SMILES string of the molecule is c1ccc(C2CCN(c3ccnc4[nH]cc(-c5ccncn5)c34)C2)cc1. The molecule has 0 amide bonds. The Bertz CT molecular complexity index is 1030.